The molecule has 0 unspecified atom stereocenters. The van der Waals surface area contributed by atoms with Crippen LogP contribution >= 0.6 is 0 Å². The van der Waals surface area contributed by atoms with Crippen molar-refractivity contribution in [3.05, 3.63) is 54.6 Å². The molecule has 1 fully saturated rings. The van der Waals surface area contributed by atoms with Crippen LogP contribution in [0.4, 0.5) is 0 Å². The summed E-state index contributed by atoms with van der Waals surface area (Å²) in [6.45, 7) is 2.10. The predicted octanol–water partition coefficient (Wildman–Crippen LogP) is 3.43. The van der Waals surface area contributed by atoms with Gasteiger partial charge >= 0.3 is 0 Å². The van der Waals surface area contributed by atoms with Crippen LogP contribution in [0.3, 0.4) is 0 Å². The highest BCUT2D eigenvalue weighted by Gasteiger charge is 2.19. The van der Waals surface area contributed by atoms with E-state index in [9.17, 15) is 0 Å². The summed E-state index contributed by atoms with van der Waals surface area (Å²) in [5.41, 5.74) is 6.47. The summed E-state index contributed by atoms with van der Waals surface area (Å²) in [6.07, 6.45) is 9.58. The molecule has 1 aliphatic rings. The van der Waals surface area contributed by atoms with Crippen molar-refractivity contribution in [1.82, 2.24) is 40.4 Å². The van der Waals surface area contributed by atoms with E-state index in [-0.39, 0.29) is 0 Å². The molecule has 0 bridgehead atoms. The van der Waals surface area contributed by atoms with Crippen molar-refractivity contribution in [1.29, 1.82) is 0 Å². The van der Waals surface area contributed by atoms with Crippen LogP contribution in [0.25, 0.3) is 44.8 Å². The van der Waals surface area contributed by atoms with Gasteiger partial charge in [-0.3, -0.25) is 10.1 Å². The van der Waals surface area contributed by atoms with Gasteiger partial charge in [0.05, 0.1) is 10.9 Å². The zero-order chi connectivity index (χ0) is 19.9. The number of imidazole rings is 1. The minimum atomic E-state index is 0.529. The zero-order valence-electron chi connectivity index (χ0n) is 16.3. The molecule has 0 aromatic carbocycles. The van der Waals surface area contributed by atoms with Crippen molar-refractivity contribution < 1.29 is 0 Å². The highest BCUT2D eigenvalue weighted by molar-refractivity contribution is 5.94. The second-order valence-electron chi connectivity index (χ2n) is 7.64. The van der Waals surface area contributed by atoms with Gasteiger partial charge in [0.15, 0.2) is 17.1 Å². The van der Waals surface area contributed by atoms with Gasteiger partial charge in [0, 0.05) is 30.4 Å². The van der Waals surface area contributed by atoms with Crippen LogP contribution in [0, 0.1) is 0 Å². The lowest BCUT2D eigenvalue weighted by molar-refractivity contribution is 0.460. The number of piperidine rings is 1. The Morgan fingerprint density at radius 1 is 0.933 bits per heavy atom. The van der Waals surface area contributed by atoms with Gasteiger partial charge in [0.1, 0.15) is 5.69 Å². The van der Waals surface area contributed by atoms with E-state index in [4.69, 9.17) is 4.98 Å². The molecule has 8 heteroatoms. The fourth-order valence-electron chi connectivity index (χ4n) is 4.28. The number of fused-ring (bicyclic) bond motifs is 2. The van der Waals surface area contributed by atoms with Crippen molar-refractivity contribution in [3.8, 4) is 22.6 Å². The molecule has 3 N–H and O–H groups in total. The summed E-state index contributed by atoms with van der Waals surface area (Å²) in [6, 6.07) is 8.16. The molecule has 0 radical (unpaired) electrons. The Hall–Kier alpha value is -3.65. The van der Waals surface area contributed by atoms with Gasteiger partial charge in [-0.25, -0.2) is 15.0 Å². The van der Waals surface area contributed by atoms with Crippen LogP contribution < -0.4 is 5.32 Å². The normalized spacial score (nSPS) is 15.2. The van der Waals surface area contributed by atoms with Gasteiger partial charge in [-0.05, 0) is 67.2 Å². The number of aromatic nitrogens is 7. The van der Waals surface area contributed by atoms with Crippen LogP contribution in [0.2, 0.25) is 0 Å². The fourth-order valence-corrected chi connectivity index (χ4v) is 4.28. The third-order valence-electron chi connectivity index (χ3n) is 5.86. The number of nitrogens with one attached hydrogen (secondary N) is 3. The van der Waals surface area contributed by atoms with Gasteiger partial charge in [-0.15, -0.1) is 0 Å². The van der Waals surface area contributed by atoms with Crippen LogP contribution in [-0.4, -0.2) is 48.2 Å². The van der Waals surface area contributed by atoms with E-state index < -0.39 is 0 Å². The minimum Gasteiger partial charge on any atom is -0.335 e. The number of rotatable bonds is 3. The van der Waals surface area contributed by atoms with Crippen molar-refractivity contribution in [2.24, 2.45) is 0 Å². The summed E-state index contributed by atoms with van der Waals surface area (Å²) < 4.78 is 0. The largest absolute Gasteiger partial charge is 0.335 e. The van der Waals surface area contributed by atoms with Crippen molar-refractivity contribution >= 4 is 22.2 Å². The Balaban J connectivity index is 1.47. The van der Waals surface area contributed by atoms with Gasteiger partial charge in [-0.1, -0.05) is 0 Å². The number of aromatic amines is 2. The third kappa shape index (κ3) is 2.84. The van der Waals surface area contributed by atoms with Crippen molar-refractivity contribution in [2.45, 2.75) is 18.8 Å². The summed E-state index contributed by atoms with van der Waals surface area (Å²) in [4.78, 5) is 21.4. The molecule has 1 aliphatic heterocycles. The van der Waals surface area contributed by atoms with E-state index in [1.165, 1.54) is 5.56 Å². The van der Waals surface area contributed by atoms with Gasteiger partial charge < -0.3 is 10.3 Å². The third-order valence-corrected chi connectivity index (χ3v) is 5.86. The topological polar surface area (TPSA) is 108 Å². The summed E-state index contributed by atoms with van der Waals surface area (Å²) >= 11 is 0. The first kappa shape index (κ1) is 17.2. The van der Waals surface area contributed by atoms with Gasteiger partial charge in [0.2, 0.25) is 0 Å². The number of hydrogen-bond donors (Lipinski definition) is 3. The Morgan fingerprint density at radius 3 is 2.67 bits per heavy atom. The Bertz CT molecular complexity index is 1330. The lowest BCUT2D eigenvalue weighted by Crippen LogP contribution is -2.26. The van der Waals surface area contributed by atoms with E-state index in [0.717, 1.165) is 53.7 Å². The minimum absolute atomic E-state index is 0.529. The molecule has 148 valence electrons. The van der Waals surface area contributed by atoms with Crippen LogP contribution in [-0.2, 0) is 0 Å². The lowest BCUT2D eigenvalue weighted by atomic mass is 9.91. The van der Waals surface area contributed by atoms with Gasteiger partial charge in [-0.2, -0.15) is 5.10 Å². The van der Waals surface area contributed by atoms with E-state index in [1.54, 1.807) is 18.6 Å². The number of H-pyrrole nitrogens is 2. The average molecular weight is 396 g/mol. The summed E-state index contributed by atoms with van der Waals surface area (Å²) in [5, 5.41) is 11.9. The maximum atomic E-state index is 4.74. The molecule has 0 spiro atoms. The molecule has 1 saturated heterocycles. The number of pyridine rings is 3. The van der Waals surface area contributed by atoms with Crippen molar-refractivity contribution in [3.63, 3.8) is 0 Å². The van der Waals surface area contributed by atoms with E-state index in [2.05, 4.69) is 41.5 Å². The average Bonchev–Trinajstić information content (AvgIpc) is 3.43. The van der Waals surface area contributed by atoms with E-state index in [1.807, 2.05) is 24.4 Å². The quantitative estimate of drug-likeness (QED) is 0.431. The molecule has 0 aliphatic carbocycles. The maximum Gasteiger partial charge on any atom is 0.181 e. The fraction of sp³-hybridized carbons (Fsp3) is 0.227. The molecule has 6 rings (SSSR count). The molecule has 5 aromatic heterocycles. The van der Waals surface area contributed by atoms with Crippen molar-refractivity contribution in [2.75, 3.05) is 13.1 Å². The number of nitrogens with zero attached hydrogens (tertiary/aromatic N) is 5. The Labute approximate surface area is 172 Å². The van der Waals surface area contributed by atoms with E-state index in [0.29, 0.717) is 23.0 Å². The molecule has 5 aromatic rings. The molecule has 0 amide bonds. The second kappa shape index (κ2) is 7.00. The Morgan fingerprint density at radius 2 is 1.80 bits per heavy atom. The predicted molar refractivity (Wildman–Crippen MR) is 115 cm³/mol. The molecule has 0 saturated carbocycles. The smallest absolute Gasteiger partial charge is 0.181 e. The molecular weight excluding hydrogens is 376 g/mol. The highest BCUT2D eigenvalue weighted by Crippen LogP contribution is 2.32. The highest BCUT2D eigenvalue weighted by atomic mass is 15.2. The number of hydrogen-bond acceptors (Lipinski definition) is 6. The summed E-state index contributed by atoms with van der Waals surface area (Å²) in [5.74, 6) is 1.24. The zero-order valence-corrected chi connectivity index (χ0v) is 16.3. The van der Waals surface area contributed by atoms with Crippen LogP contribution in [0.1, 0.15) is 24.3 Å². The molecule has 8 nitrogen and oxygen atoms in total. The lowest BCUT2D eigenvalue weighted by Gasteiger charge is -2.22. The Kier molecular flexibility index (Phi) is 4.02. The summed E-state index contributed by atoms with van der Waals surface area (Å²) in [7, 11) is 0. The SMILES string of the molecule is c1cc(-c2ccnc3nc(-c4[nH]nc5ncc(C6CCNCC6)cc45)[nH]c23)ccn1. The first-order valence-electron chi connectivity index (χ1n) is 10.2. The van der Waals surface area contributed by atoms with E-state index >= 15 is 0 Å². The first-order chi connectivity index (χ1) is 14.9. The van der Waals surface area contributed by atoms with Gasteiger partial charge in [0.25, 0.3) is 0 Å². The first-order valence-corrected chi connectivity index (χ1v) is 10.2. The van der Waals surface area contributed by atoms with Crippen LogP contribution in [0.15, 0.2) is 49.1 Å². The monoisotopic (exact) mass is 396 g/mol. The second-order valence-corrected chi connectivity index (χ2v) is 7.64. The molecule has 0 atom stereocenters. The van der Waals surface area contributed by atoms with Crippen LogP contribution in [0.5, 0.6) is 0 Å². The molecule has 30 heavy (non-hydrogen) atoms. The maximum absolute atomic E-state index is 4.74. The molecule has 6 heterocycles. The molecular formula is C22H20N8. The standard InChI is InChI=1S/C22H20N8/c1-6-23-7-2-13(1)15-11-17-19(29-30-20(17)26-12-15)22-27-18-16(5-10-25-21(18)28-22)14-3-8-24-9-4-14/h3-5,8-13,23H,1-2,6-7H2,(H,25,27,28)(H,26,29,30).